The lowest BCUT2D eigenvalue weighted by atomic mass is 9.97. The van der Waals surface area contributed by atoms with Crippen LogP contribution in [0.15, 0.2) is 18.3 Å². The molecule has 0 atom stereocenters. The van der Waals surface area contributed by atoms with Gasteiger partial charge in [-0.1, -0.05) is 13.8 Å². The summed E-state index contributed by atoms with van der Waals surface area (Å²) in [5.74, 6) is 0.578. The van der Waals surface area contributed by atoms with Crippen molar-refractivity contribution in [1.82, 2.24) is 9.78 Å². The molecule has 0 saturated carbocycles. The van der Waals surface area contributed by atoms with Crippen molar-refractivity contribution < 1.29 is 0 Å². The maximum atomic E-state index is 4.25. The second-order valence-corrected chi connectivity index (χ2v) is 4.19. The largest absolute Gasteiger partial charge is 0.268 e. The van der Waals surface area contributed by atoms with Gasteiger partial charge in [-0.15, -0.1) is 0 Å². The van der Waals surface area contributed by atoms with Crippen molar-refractivity contribution in [3.05, 3.63) is 29.5 Å². The summed E-state index contributed by atoms with van der Waals surface area (Å²) >= 11 is 0. The molecule has 0 aliphatic heterocycles. The first-order chi connectivity index (χ1) is 6.59. The van der Waals surface area contributed by atoms with E-state index in [1.54, 1.807) is 0 Å². The Morgan fingerprint density at radius 3 is 2.64 bits per heavy atom. The van der Waals surface area contributed by atoms with Crippen LogP contribution < -0.4 is 0 Å². The lowest BCUT2D eigenvalue weighted by Gasteiger charge is -2.09. The highest BCUT2D eigenvalue weighted by molar-refractivity contribution is 5.80. The minimum atomic E-state index is 0.578. The van der Waals surface area contributed by atoms with Crippen molar-refractivity contribution in [3.63, 3.8) is 0 Å². The maximum absolute atomic E-state index is 4.25. The van der Waals surface area contributed by atoms with E-state index in [4.69, 9.17) is 0 Å². The Morgan fingerprint density at radius 1 is 1.29 bits per heavy atom. The summed E-state index contributed by atoms with van der Waals surface area (Å²) < 4.78 is 1.93. The standard InChI is InChI=1S/C12H16N2/c1-8(2)11-6-12-10(5-9(11)3)7-13-14(12)4/h5-8H,1-4H3. The van der Waals surface area contributed by atoms with Gasteiger partial charge in [-0.25, -0.2) is 0 Å². The first kappa shape index (κ1) is 9.25. The van der Waals surface area contributed by atoms with Crippen LogP contribution in [0.4, 0.5) is 0 Å². The maximum Gasteiger partial charge on any atom is 0.0682 e. The SMILES string of the molecule is Cc1cc2cnn(C)c2cc1C(C)C. The topological polar surface area (TPSA) is 17.8 Å². The van der Waals surface area contributed by atoms with Gasteiger partial charge in [0.15, 0.2) is 0 Å². The molecular weight excluding hydrogens is 172 g/mol. The first-order valence-electron chi connectivity index (χ1n) is 5.02. The Hall–Kier alpha value is -1.31. The van der Waals surface area contributed by atoms with E-state index in [1.165, 1.54) is 22.0 Å². The molecule has 0 fully saturated rings. The van der Waals surface area contributed by atoms with E-state index in [2.05, 4.69) is 38.0 Å². The second kappa shape index (κ2) is 3.12. The molecule has 2 aromatic rings. The van der Waals surface area contributed by atoms with E-state index in [-0.39, 0.29) is 0 Å². The molecule has 1 aromatic heterocycles. The van der Waals surface area contributed by atoms with Crippen LogP contribution in [-0.2, 0) is 7.05 Å². The molecule has 0 saturated heterocycles. The molecular formula is C12H16N2. The number of hydrogen-bond acceptors (Lipinski definition) is 1. The zero-order valence-electron chi connectivity index (χ0n) is 9.20. The summed E-state index contributed by atoms with van der Waals surface area (Å²) in [6.07, 6.45) is 1.92. The van der Waals surface area contributed by atoms with Crippen molar-refractivity contribution in [3.8, 4) is 0 Å². The minimum absolute atomic E-state index is 0.578. The predicted octanol–water partition coefficient (Wildman–Crippen LogP) is 3.01. The Morgan fingerprint density at radius 2 is 2.00 bits per heavy atom. The van der Waals surface area contributed by atoms with Crippen molar-refractivity contribution in [2.24, 2.45) is 7.05 Å². The predicted molar refractivity (Wildman–Crippen MR) is 59.5 cm³/mol. The van der Waals surface area contributed by atoms with Crippen molar-refractivity contribution in [2.45, 2.75) is 26.7 Å². The van der Waals surface area contributed by atoms with Crippen LogP contribution in [0.5, 0.6) is 0 Å². The third-order valence-electron chi connectivity index (χ3n) is 2.76. The lowest BCUT2D eigenvalue weighted by molar-refractivity contribution is 0.793. The summed E-state index contributed by atoms with van der Waals surface area (Å²) in [6, 6.07) is 4.47. The van der Waals surface area contributed by atoms with Crippen LogP contribution in [0, 0.1) is 6.92 Å². The molecule has 1 heterocycles. The fourth-order valence-electron chi connectivity index (χ4n) is 1.95. The van der Waals surface area contributed by atoms with Crippen LogP contribution in [0.25, 0.3) is 10.9 Å². The summed E-state index contributed by atoms with van der Waals surface area (Å²) in [7, 11) is 1.99. The summed E-state index contributed by atoms with van der Waals surface area (Å²) in [4.78, 5) is 0. The normalized spacial score (nSPS) is 11.5. The number of nitrogens with zero attached hydrogens (tertiary/aromatic N) is 2. The second-order valence-electron chi connectivity index (χ2n) is 4.19. The molecule has 0 bridgehead atoms. The van der Waals surface area contributed by atoms with Gasteiger partial charge in [-0.2, -0.15) is 5.10 Å². The first-order valence-corrected chi connectivity index (χ1v) is 5.02. The smallest absolute Gasteiger partial charge is 0.0682 e. The van der Waals surface area contributed by atoms with E-state index in [9.17, 15) is 0 Å². The van der Waals surface area contributed by atoms with E-state index < -0.39 is 0 Å². The molecule has 0 radical (unpaired) electrons. The molecule has 0 unspecified atom stereocenters. The fraction of sp³-hybridized carbons (Fsp3) is 0.417. The molecule has 2 rings (SSSR count). The van der Waals surface area contributed by atoms with Crippen molar-refractivity contribution >= 4 is 10.9 Å². The molecule has 0 spiro atoms. The Bertz CT molecular complexity index is 466. The van der Waals surface area contributed by atoms with Gasteiger partial charge < -0.3 is 0 Å². The van der Waals surface area contributed by atoms with E-state index in [0.717, 1.165) is 0 Å². The van der Waals surface area contributed by atoms with Gasteiger partial charge in [0.2, 0.25) is 0 Å². The van der Waals surface area contributed by atoms with Gasteiger partial charge in [0.05, 0.1) is 11.7 Å². The van der Waals surface area contributed by atoms with Crippen LogP contribution >= 0.6 is 0 Å². The third kappa shape index (κ3) is 1.31. The van der Waals surface area contributed by atoms with Gasteiger partial charge in [-0.05, 0) is 36.1 Å². The molecule has 74 valence electrons. The molecule has 0 amide bonds. The number of fused-ring (bicyclic) bond motifs is 1. The van der Waals surface area contributed by atoms with Gasteiger partial charge in [-0.3, -0.25) is 4.68 Å². The third-order valence-corrected chi connectivity index (χ3v) is 2.76. The van der Waals surface area contributed by atoms with Crippen LogP contribution in [0.3, 0.4) is 0 Å². The van der Waals surface area contributed by atoms with Crippen LogP contribution in [0.1, 0.15) is 30.9 Å². The number of benzene rings is 1. The fourth-order valence-corrected chi connectivity index (χ4v) is 1.95. The highest BCUT2D eigenvalue weighted by Gasteiger charge is 2.07. The van der Waals surface area contributed by atoms with Crippen molar-refractivity contribution in [1.29, 1.82) is 0 Å². The molecule has 2 heteroatoms. The van der Waals surface area contributed by atoms with Gasteiger partial charge in [0, 0.05) is 12.4 Å². The number of rotatable bonds is 1. The Balaban J connectivity index is 2.74. The Labute approximate surface area is 84.5 Å². The molecule has 0 aliphatic carbocycles. The summed E-state index contributed by atoms with van der Waals surface area (Å²) in [6.45, 7) is 6.62. The van der Waals surface area contributed by atoms with Crippen LogP contribution in [-0.4, -0.2) is 9.78 Å². The molecule has 0 N–H and O–H groups in total. The van der Waals surface area contributed by atoms with Crippen LogP contribution in [0.2, 0.25) is 0 Å². The van der Waals surface area contributed by atoms with Crippen molar-refractivity contribution in [2.75, 3.05) is 0 Å². The van der Waals surface area contributed by atoms with E-state index >= 15 is 0 Å². The van der Waals surface area contributed by atoms with E-state index in [0.29, 0.717) is 5.92 Å². The average molecular weight is 188 g/mol. The summed E-state index contributed by atoms with van der Waals surface area (Å²) in [5, 5.41) is 5.48. The van der Waals surface area contributed by atoms with Gasteiger partial charge in [0.1, 0.15) is 0 Å². The molecule has 2 nitrogen and oxygen atoms in total. The number of aryl methyl sites for hydroxylation is 2. The highest BCUT2D eigenvalue weighted by atomic mass is 15.2. The average Bonchev–Trinajstić information content (AvgIpc) is 2.46. The van der Waals surface area contributed by atoms with Gasteiger partial charge >= 0.3 is 0 Å². The summed E-state index contributed by atoms with van der Waals surface area (Å²) in [5.41, 5.74) is 4.00. The highest BCUT2D eigenvalue weighted by Crippen LogP contribution is 2.24. The molecule has 1 aromatic carbocycles. The molecule has 0 aliphatic rings. The monoisotopic (exact) mass is 188 g/mol. The zero-order chi connectivity index (χ0) is 10.3. The molecule has 14 heavy (non-hydrogen) atoms. The number of hydrogen-bond donors (Lipinski definition) is 0. The van der Waals surface area contributed by atoms with E-state index in [1.807, 2.05) is 17.9 Å². The van der Waals surface area contributed by atoms with Gasteiger partial charge in [0.25, 0.3) is 0 Å². The quantitative estimate of drug-likeness (QED) is 0.672. The minimum Gasteiger partial charge on any atom is -0.268 e. The Kier molecular flexibility index (Phi) is 2.06. The lowest BCUT2D eigenvalue weighted by Crippen LogP contribution is -1.94. The number of aromatic nitrogens is 2. The zero-order valence-corrected chi connectivity index (χ0v) is 9.20.